The Balaban J connectivity index is 2.42. The number of nitrogens with two attached hydrogens (primary N) is 1. The van der Waals surface area contributed by atoms with E-state index in [0.29, 0.717) is 18.8 Å². The number of hydrogen-bond donors (Lipinski definition) is 3. The molecular formula is C11H15N5O3. The van der Waals surface area contributed by atoms with Crippen LogP contribution in [0, 0.1) is 10.1 Å². The molecule has 1 aliphatic rings. The highest BCUT2D eigenvalue weighted by Crippen LogP contribution is 2.35. The largest absolute Gasteiger partial charge is 0.357 e. The van der Waals surface area contributed by atoms with E-state index in [-0.39, 0.29) is 23.8 Å². The van der Waals surface area contributed by atoms with Crippen molar-refractivity contribution in [3.8, 4) is 0 Å². The number of nitro benzene ring substituents is 1. The topological polar surface area (TPSA) is 114 Å². The molecule has 102 valence electrons. The average molecular weight is 265 g/mol. The number of carbonyl (C=O) groups is 1. The zero-order valence-corrected chi connectivity index (χ0v) is 10.3. The van der Waals surface area contributed by atoms with Gasteiger partial charge in [0.15, 0.2) is 0 Å². The number of benzene rings is 1. The molecule has 2 rings (SSSR count). The van der Waals surface area contributed by atoms with Crippen molar-refractivity contribution in [2.75, 3.05) is 30.0 Å². The summed E-state index contributed by atoms with van der Waals surface area (Å²) in [6, 6.07) is 4.82. The summed E-state index contributed by atoms with van der Waals surface area (Å²) in [5.41, 5.74) is 2.83. The fraction of sp³-hybridized carbons (Fsp3) is 0.364. The van der Waals surface area contributed by atoms with Crippen molar-refractivity contribution < 1.29 is 9.72 Å². The van der Waals surface area contributed by atoms with Gasteiger partial charge in [0, 0.05) is 13.1 Å². The van der Waals surface area contributed by atoms with E-state index >= 15 is 0 Å². The lowest BCUT2D eigenvalue weighted by molar-refractivity contribution is -0.383. The van der Waals surface area contributed by atoms with Crippen molar-refractivity contribution in [2.24, 2.45) is 5.84 Å². The molecule has 1 aliphatic heterocycles. The van der Waals surface area contributed by atoms with Crippen molar-refractivity contribution in [3.63, 3.8) is 0 Å². The maximum Gasteiger partial charge on any atom is 0.316 e. The molecule has 1 fully saturated rings. The number of nitrogens with zero attached hydrogens (tertiary/aromatic N) is 2. The molecule has 8 heteroatoms. The van der Waals surface area contributed by atoms with E-state index in [1.165, 1.54) is 6.07 Å². The molecule has 0 spiro atoms. The summed E-state index contributed by atoms with van der Waals surface area (Å²) < 4.78 is 0. The van der Waals surface area contributed by atoms with E-state index in [4.69, 9.17) is 5.84 Å². The molecule has 4 N–H and O–H groups in total. The van der Waals surface area contributed by atoms with Gasteiger partial charge in [-0.3, -0.25) is 20.8 Å². The van der Waals surface area contributed by atoms with Crippen LogP contribution in [0.15, 0.2) is 18.2 Å². The molecule has 1 heterocycles. The lowest BCUT2D eigenvalue weighted by Gasteiger charge is -2.21. The van der Waals surface area contributed by atoms with Gasteiger partial charge in [-0.25, -0.2) is 0 Å². The maximum atomic E-state index is 11.5. The molecule has 8 nitrogen and oxygen atoms in total. The summed E-state index contributed by atoms with van der Waals surface area (Å²) in [4.78, 5) is 23.9. The Hall–Kier alpha value is -2.35. The first kappa shape index (κ1) is 13.1. The molecule has 0 unspecified atom stereocenters. The molecule has 0 bridgehead atoms. The summed E-state index contributed by atoms with van der Waals surface area (Å²) in [6.07, 6.45) is 0.739. The van der Waals surface area contributed by atoms with Crippen LogP contribution >= 0.6 is 0 Å². The molecule has 0 aliphatic carbocycles. The molecule has 0 saturated carbocycles. The number of hydrogen-bond acceptors (Lipinski definition) is 6. The minimum atomic E-state index is -0.493. The van der Waals surface area contributed by atoms with Gasteiger partial charge in [-0.1, -0.05) is 6.07 Å². The molecule has 1 amide bonds. The van der Waals surface area contributed by atoms with Crippen LogP contribution in [0.1, 0.15) is 6.42 Å². The lowest BCUT2D eigenvalue weighted by atomic mass is 10.2. The van der Waals surface area contributed by atoms with Gasteiger partial charge in [0.1, 0.15) is 11.4 Å². The minimum absolute atomic E-state index is 0.106. The third-order valence-corrected chi connectivity index (χ3v) is 2.95. The summed E-state index contributed by atoms with van der Waals surface area (Å²) in [5, 5.41) is 13.9. The number of amides is 1. The zero-order valence-electron chi connectivity index (χ0n) is 10.3. The van der Waals surface area contributed by atoms with Crippen LogP contribution < -0.4 is 21.5 Å². The zero-order chi connectivity index (χ0) is 13.8. The third kappa shape index (κ3) is 2.74. The van der Waals surface area contributed by atoms with Gasteiger partial charge in [0.2, 0.25) is 5.91 Å². The van der Waals surface area contributed by atoms with Gasteiger partial charge in [-0.05, 0) is 18.6 Å². The first-order valence-electron chi connectivity index (χ1n) is 5.89. The Kier molecular flexibility index (Phi) is 3.81. The van der Waals surface area contributed by atoms with E-state index in [0.717, 1.165) is 6.42 Å². The molecular weight excluding hydrogens is 250 g/mol. The summed E-state index contributed by atoms with van der Waals surface area (Å²) in [7, 11) is 0. The second kappa shape index (κ2) is 5.53. The van der Waals surface area contributed by atoms with Crippen molar-refractivity contribution in [3.05, 3.63) is 28.3 Å². The van der Waals surface area contributed by atoms with Crippen LogP contribution in [0.3, 0.4) is 0 Å². The Bertz CT molecular complexity index is 505. The van der Waals surface area contributed by atoms with Crippen LogP contribution in [-0.4, -0.2) is 30.5 Å². The average Bonchev–Trinajstić information content (AvgIpc) is 2.62. The van der Waals surface area contributed by atoms with Crippen LogP contribution in [0.5, 0.6) is 0 Å². The molecule has 1 aromatic rings. The number of nitrogens with one attached hydrogen (secondary N) is 2. The number of rotatable bonds is 3. The van der Waals surface area contributed by atoms with Crippen LogP contribution in [0.25, 0.3) is 0 Å². The van der Waals surface area contributed by atoms with Gasteiger partial charge >= 0.3 is 5.69 Å². The van der Waals surface area contributed by atoms with Gasteiger partial charge in [-0.15, -0.1) is 0 Å². The van der Waals surface area contributed by atoms with E-state index in [1.807, 2.05) is 0 Å². The van der Waals surface area contributed by atoms with Gasteiger partial charge in [-0.2, -0.15) is 0 Å². The Morgan fingerprint density at radius 3 is 2.95 bits per heavy atom. The van der Waals surface area contributed by atoms with Crippen LogP contribution in [0.4, 0.5) is 17.1 Å². The predicted molar refractivity (Wildman–Crippen MR) is 70.7 cm³/mol. The fourth-order valence-corrected chi connectivity index (χ4v) is 2.11. The normalized spacial score (nSPS) is 15.6. The first-order valence-corrected chi connectivity index (χ1v) is 5.89. The minimum Gasteiger partial charge on any atom is -0.357 e. The van der Waals surface area contributed by atoms with Crippen LogP contribution in [0.2, 0.25) is 0 Å². The second-order valence-electron chi connectivity index (χ2n) is 4.20. The molecule has 0 aromatic heterocycles. The number of nitrogen functional groups attached to an aromatic ring is 1. The van der Waals surface area contributed by atoms with E-state index < -0.39 is 4.92 Å². The van der Waals surface area contributed by atoms with E-state index in [2.05, 4.69) is 10.7 Å². The fourth-order valence-electron chi connectivity index (χ4n) is 2.11. The van der Waals surface area contributed by atoms with Gasteiger partial charge in [0.25, 0.3) is 0 Å². The summed E-state index contributed by atoms with van der Waals surface area (Å²) in [6.45, 7) is 1.26. The molecule has 1 saturated heterocycles. The summed E-state index contributed by atoms with van der Waals surface area (Å²) in [5.74, 6) is 5.15. The SMILES string of the molecule is NNc1cccc(N2CCCNC(=O)C2)c1[N+](=O)[O-]. The van der Waals surface area contributed by atoms with Crippen LogP contribution in [-0.2, 0) is 4.79 Å². The number of hydrazine groups is 1. The third-order valence-electron chi connectivity index (χ3n) is 2.95. The van der Waals surface area contributed by atoms with Crippen molar-refractivity contribution in [2.45, 2.75) is 6.42 Å². The van der Waals surface area contributed by atoms with E-state index in [9.17, 15) is 14.9 Å². The Morgan fingerprint density at radius 1 is 1.47 bits per heavy atom. The number of para-hydroxylation sites is 1. The number of carbonyl (C=O) groups excluding carboxylic acids is 1. The molecule has 0 atom stereocenters. The summed E-state index contributed by atoms with van der Waals surface area (Å²) >= 11 is 0. The highest BCUT2D eigenvalue weighted by atomic mass is 16.6. The van der Waals surface area contributed by atoms with Crippen molar-refractivity contribution in [1.29, 1.82) is 0 Å². The quantitative estimate of drug-likeness (QED) is 0.409. The molecule has 19 heavy (non-hydrogen) atoms. The first-order chi connectivity index (χ1) is 9.13. The lowest BCUT2D eigenvalue weighted by Crippen LogP contribution is -2.33. The van der Waals surface area contributed by atoms with Crippen molar-refractivity contribution >= 4 is 23.0 Å². The Morgan fingerprint density at radius 2 is 2.26 bits per heavy atom. The van der Waals surface area contributed by atoms with Crippen molar-refractivity contribution in [1.82, 2.24) is 5.32 Å². The Labute approximate surface area is 109 Å². The molecule has 0 radical (unpaired) electrons. The number of anilines is 2. The van der Waals surface area contributed by atoms with Gasteiger partial charge in [0.05, 0.1) is 11.5 Å². The standard InChI is InChI=1S/C11H15N5O3/c12-14-8-3-1-4-9(11(8)16(18)19)15-6-2-5-13-10(17)7-15/h1,3-4,14H,2,5-7,12H2,(H,13,17). The second-order valence-corrected chi connectivity index (χ2v) is 4.20. The highest BCUT2D eigenvalue weighted by Gasteiger charge is 2.25. The van der Waals surface area contributed by atoms with Gasteiger partial charge < -0.3 is 15.6 Å². The predicted octanol–water partition coefficient (Wildman–Crippen LogP) is 0.207. The maximum absolute atomic E-state index is 11.5. The number of nitro groups is 1. The monoisotopic (exact) mass is 265 g/mol. The molecule has 1 aromatic carbocycles. The van der Waals surface area contributed by atoms with E-state index in [1.54, 1.807) is 17.0 Å². The smallest absolute Gasteiger partial charge is 0.316 e. The highest BCUT2D eigenvalue weighted by molar-refractivity contribution is 5.85.